The third kappa shape index (κ3) is 4.61. The molecular weight excluding hydrogens is 222 g/mol. The van der Waals surface area contributed by atoms with Gasteiger partial charge >= 0.3 is 5.97 Å². The van der Waals surface area contributed by atoms with Gasteiger partial charge in [-0.3, -0.25) is 9.69 Å². The lowest BCUT2D eigenvalue weighted by Crippen LogP contribution is -2.34. The number of hydrogen-bond acceptors (Lipinski definition) is 4. The maximum absolute atomic E-state index is 10.9. The van der Waals surface area contributed by atoms with Gasteiger partial charge in [0.2, 0.25) is 0 Å². The minimum Gasteiger partial charge on any atom is -0.481 e. The van der Waals surface area contributed by atoms with Crippen LogP contribution in [0.25, 0.3) is 0 Å². The number of carboxylic acid groups (broad SMARTS) is 1. The first kappa shape index (κ1) is 14.4. The number of carbonyl (C=O) groups is 1. The van der Waals surface area contributed by atoms with E-state index in [1.807, 2.05) is 6.92 Å². The first-order valence-electron chi connectivity index (χ1n) is 6.20. The van der Waals surface area contributed by atoms with Gasteiger partial charge in [-0.05, 0) is 26.3 Å². The largest absolute Gasteiger partial charge is 0.481 e. The topological polar surface area (TPSA) is 59.0 Å². The number of methoxy groups -OCH3 is 1. The lowest BCUT2D eigenvalue weighted by atomic mass is 10.0. The molecular formula is C12H23NO4. The van der Waals surface area contributed by atoms with Crippen LogP contribution in [0.15, 0.2) is 0 Å². The maximum Gasteiger partial charge on any atom is 0.308 e. The van der Waals surface area contributed by atoms with Gasteiger partial charge in [0.25, 0.3) is 0 Å². The Morgan fingerprint density at radius 3 is 2.76 bits per heavy atom. The summed E-state index contributed by atoms with van der Waals surface area (Å²) in [6, 6.07) is 0.145. The summed E-state index contributed by atoms with van der Waals surface area (Å²) >= 11 is 0. The van der Waals surface area contributed by atoms with E-state index < -0.39 is 5.97 Å². The molecule has 5 heteroatoms. The summed E-state index contributed by atoms with van der Waals surface area (Å²) in [6.07, 6.45) is 1.71. The van der Waals surface area contributed by atoms with E-state index in [4.69, 9.17) is 14.6 Å². The fraction of sp³-hybridized carbons (Fsp3) is 0.917. The van der Waals surface area contributed by atoms with Crippen molar-refractivity contribution < 1.29 is 19.4 Å². The van der Waals surface area contributed by atoms with Gasteiger partial charge < -0.3 is 14.6 Å². The minimum atomic E-state index is -0.670. The van der Waals surface area contributed by atoms with Gasteiger partial charge in [-0.25, -0.2) is 0 Å². The molecule has 0 bridgehead atoms. The van der Waals surface area contributed by atoms with Crippen LogP contribution in [0.3, 0.4) is 0 Å². The minimum absolute atomic E-state index is 0.145. The van der Waals surface area contributed by atoms with E-state index in [-0.39, 0.29) is 12.0 Å². The predicted molar refractivity (Wildman–Crippen MR) is 64.1 cm³/mol. The molecule has 0 amide bonds. The van der Waals surface area contributed by atoms with Crippen LogP contribution in [0, 0.1) is 5.92 Å². The summed E-state index contributed by atoms with van der Waals surface area (Å²) in [5.74, 6) is -0.874. The van der Waals surface area contributed by atoms with Crippen LogP contribution in [-0.4, -0.2) is 62.0 Å². The zero-order chi connectivity index (χ0) is 12.7. The second-order valence-corrected chi connectivity index (χ2v) is 4.47. The molecule has 5 nitrogen and oxygen atoms in total. The van der Waals surface area contributed by atoms with Gasteiger partial charge in [0.05, 0.1) is 19.1 Å². The van der Waals surface area contributed by atoms with Gasteiger partial charge in [0.15, 0.2) is 0 Å². The lowest BCUT2D eigenvalue weighted by molar-refractivity contribution is -0.142. The van der Waals surface area contributed by atoms with Crippen molar-refractivity contribution in [3.05, 3.63) is 0 Å². The molecule has 1 aliphatic rings. The summed E-state index contributed by atoms with van der Waals surface area (Å²) < 4.78 is 10.3. The van der Waals surface area contributed by atoms with E-state index in [1.165, 1.54) is 0 Å². The molecule has 1 saturated heterocycles. The normalized spacial score (nSPS) is 25.3. The second-order valence-electron chi connectivity index (χ2n) is 4.47. The fourth-order valence-electron chi connectivity index (χ4n) is 2.26. The highest BCUT2D eigenvalue weighted by Gasteiger charge is 2.34. The van der Waals surface area contributed by atoms with E-state index in [1.54, 1.807) is 7.11 Å². The van der Waals surface area contributed by atoms with Crippen LogP contribution < -0.4 is 0 Å². The summed E-state index contributed by atoms with van der Waals surface area (Å²) in [4.78, 5) is 13.2. The Morgan fingerprint density at radius 2 is 2.18 bits per heavy atom. The van der Waals surface area contributed by atoms with E-state index >= 15 is 0 Å². The van der Waals surface area contributed by atoms with Crippen LogP contribution >= 0.6 is 0 Å². The molecule has 17 heavy (non-hydrogen) atoms. The van der Waals surface area contributed by atoms with Gasteiger partial charge in [-0.2, -0.15) is 0 Å². The van der Waals surface area contributed by atoms with Crippen LogP contribution in [-0.2, 0) is 14.3 Å². The molecule has 1 fully saturated rings. The standard InChI is InChI=1S/C12H23NO4/c1-10-11(12(14)15)4-6-13(10)5-3-7-17-9-8-16-2/h10-11H,3-9H2,1-2H3,(H,14,15). The van der Waals surface area contributed by atoms with E-state index in [2.05, 4.69) is 4.90 Å². The Hall–Kier alpha value is -0.650. The Balaban J connectivity index is 2.10. The van der Waals surface area contributed by atoms with E-state index in [9.17, 15) is 4.79 Å². The molecule has 0 aromatic carbocycles. The molecule has 0 radical (unpaired) electrons. The summed E-state index contributed by atoms with van der Waals surface area (Å²) in [6.45, 7) is 5.76. The zero-order valence-electron chi connectivity index (χ0n) is 10.7. The molecule has 0 saturated carbocycles. The molecule has 100 valence electrons. The quantitative estimate of drug-likeness (QED) is 0.642. The van der Waals surface area contributed by atoms with Crippen LogP contribution in [0.4, 0.5) is 0 Å². The average molecular weight is 245 g/mol. The number of likely N-dealkylation sites (tertiary alicyclic amines) is 1. The molecule has 0 aromatic rings. The van der Waals surface area contributed by atoms with Crippen LogP contribution in [0.1, 0.15) is 19.8 Å². The second kappa shape index (κ2) is 7.63. The Labute approximate surface area is 103 Å². The maximum atomic E-state index is 10.9. The monoisotopic (exact) mass is 245 g/mol. The predicted octanol–water partition coefficient (Wildman–Crippen LogP) is 0.835. The van der Waals surface area contributed by atoms with Crippen molar-refractivity contribution in [2.75, 3.05) is 40.0 Å². The average Bonchev–Trinajstić information content (AvgIpc) is 2.65. The first-order chi connectivity index (χ1) is 8.16. The van der Waals surface area contributed by atoms with Crippen LogP contribution in [0.2, 0.25) is 0 Å². The zero-order valence-corrected chi connectivity index (χ0v) is 10.7. The Morgan fingerprint density at radius 1 is 1.41 bits per heavy atom. The Bertz CT molecular complexity index is 235. The molecule has 0 spiro atoms. The molecule has 1 N–H and O–H groups in total. The van der Waals surface area contributed by atoms with Crippen LogP contribution in [0.5, 0.6) is 0 Å². The summed E-state index contributed by atoms with van der Waals surface area (Å²) in [5.41, 5.74) is 0. The van der Waals surface area contributed by atoms with Gasteiger partial charge in [0.1, 0.15) is 0 Å². The highest BCUT2D eigenvalue weighted by molar-refractivity contribution is 5.71. The number of rotatable bonds is 8. The molecule has 2 atom stereocenters. The van der Waals surface area contributed by atoms with Crippen molar-refractivity contribution in [2.24, 2.45) is 5.92 Å². The number of nitrogens with zero attached hydrogens (tertiary/aromatic N) is 1. The molecule has 1 heterocycles. The number of aliphatic carboxylic acids is 1. The Kier molecular flexibility index (Phi) is 6.47. The van der Waals surface area contributed by atoms with Gasteiger partial charge in [-0.15, -0.1) is 0 Å². The van der Waals surface area contributed by atoms with E-state index in [0.717, 1.165) is 25.9 Å². The van der Waals surface area contributed by atoms with Gasteiger partial charge in [-0.1, -0.05) is 0 Å². The molecule has 2 unspecified atom stereocenters. The number of carboxylic acids is 1. The summed E-state index contributed by atoms with van der Waals surface area (Å²) in [5, 5.41) is 9.00. The number of hydrogen-bond donors (Lipinski definition) is 1. The molecule has 0 aliphatic carbocycles. The van der Waals surface area contributed by atoms with Crippen molar-refractivity contribution in [1.29, 1.82) is 0 Å². The van der Waals surface area contributed by atoms with Crippen molar-refractivity contribution in [2.45, 2.75) is 25.8 Å². The SMILES string of the molecule is COCCOCCCN1CCC(C(=O)O)C1C. The van der Waals surface area contributed by atoms with Gasteiger partial charge in [0, 0.05) is 26.3 Å². The molecule has 1 aliphatic heterocycles. The third-order valence-corrected chi connectivity index (χ3v) is 3.37. The van der Waals surface area contributed by atoms with Crippen molar-refractivity contribution in [3.8, 4) is 0 Å². The summed E-state index contributed by atoms with van der Waals surface area (Å²) in [7, 11) is 1.65. The highest BCUT2D eigenvalue weighted by atomic mass is 16.5. The molecule has 1 rings (SSSR count). The highest BCUT2D eigenvalue weighted by Crippen LogP contribution is 2.24. The number of ether oxygens (including phenoxy) is 2. The van der Waals surface area contributed by atoms with Crippen molar-refractivity contribution >= 4 is 5.97 Å². The smallest absolute Gasteiger partial charge is 0.308 e. The van der Waals surface area contributed by atoms with Crippen molar-refractivity contribution in [1.82, 2.24) is 4.90 Å². The molecule has 0 aromatic heterocycles. The van der Waals surface area contributed by atoms with Crippen molar-refractivity contribution in [3.63, 3.8) is 0 Å². The first-order valence-corrected chi connectivity index (χ1v) is 6.20. The lowest BCUT2D eigenvalue weighted by Gasteiger charge is -2.22. The fourth-order valence-corrected chi connectivity index (χ4v) is 2.26. The third-order valence-electron chi connectivity index (χ3n) is 3.37. The van der Waals surface area contributed by atoms with E-state index in [0.29, 0.717) is 19.8 Å².